The third kappa shape index (κ3) is 2.58. The molecule has 0 atom stereocenters. The summed E-state index contributed by atoms with van der Waals surface area (Å²) >= 11 is 5.95. The molecule has 2 rings (SSSR count). The topological polar surface area (TPSA) is 9.23 Å². The predicted octanol–water partition coefficient (Wildman–Crippen LogP) is 2.70. The molecule has 0 fully saturated rings. The molecule has 0 aliphatic carbocycles. The van der Waals surface area contributed by atoms with E-state index in [1.165, 1.54) is 5.46 Å². The summed E-state index contributed by atoms with van der Waals surface area (Å²) in [7, 11) is 2.05. The lowest BCUT2D eigenvalue weighted by Crippen LogP contribution is -1.99. The van der Waals surface area contributed by atoms with Gasteiger partial charge in [0.05, 0.1) is 0 Å². The van der Waals surface area contributed by atoms with E-state index in [4.69, 9.17) is 16.3 Å². The Hall–Kier alpha value is -1.41. The first-order valence-electron chi connectivity index (χ1n) is 5.16. The number of hydrogen-bond acceptors (Lipinski definition) is 1. The Morgan fingerprint density at radius 2 is 1.62 bits per heavy atom. The van der Waals surface area contributed by atoms with Crippen molar-refractivity contribution in [3.05, 3.63) is 53.1 Å². The van der Waals surface area contributed by atoms with Gasteiger partial charge in [-0.15, -0.1) is 0 Å². The second-order valence-electron chi connectivity index (χ2n) is 3.83. The van der Waals surface area contributed by atoms with E-state index in [2.05, 4.69) is 7.85 Å². The van der Waals surface area contributed by atoms with Gasteiger partial charge in [-0.2, -0.15) is 0 Å². The smallest absolute Gasteiger partial charge is 0.139 e. The fraction of sp³-hybridized carbons (Fsp3) is 0.0769. The van der Waals surface area contributed by atoms with Crippen LogP contribution >= 0.6 is 11.6 Å². The van der Waals surface area contributed by atoms with Crippen LogP contribution in [0.15, 0.2) is 42.5 Å². The second kappa shape index (κ2) is 4.62. The van der Waals surface area contributed by atoms with Crippen molar-refractivity contribution in [1.29, 1.82) is 0 Å². The molecule has 80 valence electrons. The van der Waals surface area contributed by atoms with Crippen molar-refractivity contribution in [2.75, 3.05) is 0 Å². The van der Waals surface area contributed by atoms with Crippen molar-refractivity contribution in [3.8, 4) is 11.5 Å². The van der Waals surface area contributed by atoms with E-state index in [1.54, 1.807) is 0 Å². The molecule has 0 radical (unpaired) electrons. The average Bonchev–Trinajstić information content (AvgIpc) is 2.27. The Labute approximate surface area is 101 Å². The molecule has 0 amide bonds. The van der Waals surface area contributed by atoms with Crippen molar-refractivity contribution in [1.82, 2.24) is 0 Å². The normalized spacial score (nSPS) is 10.1. The molecule has 0 saturated carbocycles. The molecule has 0 aromatic heterocycles. The van der Waals surface area contributed by atoms with E-state index in [9.17, 15) is 0 Å². The van der Waals surface area contributed by atoms with Crippen molar-refractivity contribution >= 4 is 24.9 Å². The monoisotopic (exact) mass is 230 g/mol. The van der Waals surface area contributed by atoms with E-state index < -0.39 is 0 Å². The molecular weight excluding hydrogens is 218 g/mol. The van der Waals surface area contributed by atoms with Gasteiger partial charge in [-0.1, -0.05) is 29.2 Å². The number of benzene rings is 2. The summed E-state index contributed by atoms with van der Waals surface area (Å²) in [6.45, 7) is 1.96. The standard InChI is InChI=1S/C13H12BClO/c1-9-8-12(6-7-13(9)15)16-11-4-2-10(14)3-5-11/h2-8H,14H2,1H3. The first kappa shape index (κ1) is 11.1. The molecule has 0 heterocycles. The number of hydrogen-bond donors (Lipinski definition) is 0. The lowest BCUT2D eigenvalue weighted by Gasteiger charge is -2.07. The lowest BCUT2D eigenvalue weighted by atomic mass is 9.97. The summed E-state index contributed by atoms with van der Waals surface area (Å²) in [5.74, 6) is 1.65. The Kier molecular flexibility index (Phi) is 3.21. The maximum absolute atomic E-state index is 5.95. The van der Waals surface area contributed by atoms with Crippen LogP contribution in [0.2, 0.25) is 5.02 Å². The van der Waals surface area contributed by atoms with Gasteiger partial charge in [0.25, 0.3) is 0 Å². The van der Waals surface area contributed by atoms with Gasteiger partial charge >= 0.3 is 0 Å². The van der Waals surface area contributed by atoms with Gasteiger partial charge in [-0.25, -0.2) is 0 Å². The third-order valence-electron chi connectivity index (χ3n) is 2.39. The van der Waals surface area contributed by atoms with Crippen molar-refractivity contribution in [3.63, 3.8) is 0 Å². The Morgan fingerprint density at radius 3 is 2.25 bits per heavy atom. The highest BCUT2D eigenvalue weighted by Gasteiger charge is 2.00. The lowest BCUT2D eigenvalue weighted by molar-refractivity contribution is 0.482. The van der Waals surface area contributed by atoms with E-state index in [1.807, 2.05) is 49.4 Å². The SMILES string of the molecule is Bc1ccc(Oc2ccc(Cl)c(C)c2)cc1. The van der Waals surface area contributed by atoms with Crippen LogP contribution in [0.4, 0.5) is 0 Å². The highest BCUT2D eigenvalue weighted by molar-refractivity contribution is 6.32. The zero-order valence-electron chi connectivity index (χ0n) is 9.33. The van der Waals surface area contributed by atoms with Crippen LogP contribution in [-0.2, 0) is 0 Å². The van der Waals surface area contributed by atoms with Gasteiger partial charge in [0.1, 0.15) is 19.3 Å². The highest BCUT2D eigenvalue weighted by atomic mass is 35.5. The number of halogens is 1. The molecule has 16 heavy (non-hydrogen) atoms. The van der Waals surface area contributed by atoms with Gasteiger partial charge in [-0.3, -0.25) is 0 Å². The molecule has 0 aliphatic rings. The fourth-order valence-electron chi connectivity index (χ4n) is 1.42. The zero-order chi connectivity index (χ0) is 11.5. The van der Waals surface area contributed by atoms with Crippen LogP contribution in [0.25, 0.3) is 0 Å². The molecule has 1 nitrogen and oxygen atoms in total. The van der Waals surface area contributed by atoms with E-state index >= 15 is 0 Å². The predicted molar refractivity (Wildman–Crippen MR) is 70.9 cm³/mol. The molecular formula is C13H12BClO. The molecule has 0 N–H and O–H groups in total. The van der Waals surface area contributed by atoms with Crippen LogP contribution in [0, 0.1) is 6.92 Å². The first-order chi connectivity index (χ1) is 7.65. The van der Waals surface area contributed by atoms with Gasteiger partial charge in [-0.05, 0) is 42.8 Å². The van der Waals surface area contributed by atoms with Crippen molar-refractivity contribution in [2.45, 2.75) is 6.92 Å². The van der Waals surface area contributed by atoms with E-state index in [0.717, 1.165) is 22.1 Å². The molecule has 2 aromatic carbocycles. The average molecular weight is 231 g/mol. The number of ether oxygens (including phenoxy) is 1. The van der Waals surface area contributed by atoms with Gasteiger partial charge in [0.2, 0.25) is 0 Å². The molecule has 0 saturated heterocycles. The first-order valence-corrected chi connectivity index (χ1v) is 5.53. The molecule has 0 bridgehead atoms. The largest absolute Gasteiger partial charge is 0.457 e. The summed E-state index contributed by atoms with van der Waals surface area (Å²) in [6.07, 6.45) is 0. The minimum atomic E-state index is 0.760. The Balaban J connectivity index is 2.20. The van der Waals surface area contributed by atoms with E-state index in [-0.39, 0.29) is 0 Å². The van der Waals surface area contributed by atoms with E-state index in [0.29, 0.717) is 0 Å². The maximum atomic E-state index is 5.95. The molecule has 3 heteroatoms. The highest BCUT2D eigenvalue weighted by Crippen LogP contribution is 2.25. The van der Waals surface area contributed by atoms with Crippen LogP contribution in [0.1, 0.15) is 5.56 Å². The maximum Gasteiger partial charge on any atom is 0.139 e. The quantitative estimate of drug-likeness (QED) is 0.721. The van der Waals surface area contributed by atoms with Crippen molar-refractivity contribution in [2.24, 2.45) is 0 Å². The second-order valence-corrected chi connectivity index (χ2v) is 4.23. The van der Waals surface area contributed by atoms with Gasteiger partial charge < -0.3 is 4.74 Å². The minimum Gasteiger partial charge on any atom is -0.457 e. The Morgan fingerprint density at radius 1 is 1.00 bits per heavy atom. The summed E-state index contributed by atoms with van der Waals surface area (Å²) in [4.78, 5) is 0. The fourth-order valence-corrected chi connectivity index (χ4v) is 1.54. The number of aryl methyl sites for hydroxylation is 1. The minimum absolute atomic E-state index is 0.760. The summed E-state index contributed by atoms with van der Waals surface area (Å²) < 4.78 is 5.71. The van der Waals surface area contributed by atoms with Gasteiger partial charge in [0, 0.05) is 5.02 Å². The molecule has 2 aromatic rings. The van der Waals surface area contributed by atoms with Crippen LogP contribution in [-0.4, -0.2) is 7.85 Å². The number of rotatable bonds is 2. The molecule has 0 spiro atoms. The van der Waals surface area contributed by atoms with Crippen LogP contribution in [0.5, 0.6) is 11.5 Å². The van der Waals surface area contributed by atoms with Gasteiger partial charge in [0.15, 0.2) is 0 Å². The van der Waals surface area contributed by atoms with Crippen LogP contribution < -0.4 is 10.2 Å². The molecule has 0 aliphatic heterocycles. The molecule has 0 unspecified atom stereocenters. The van der Waals surface area contributed by atoms with Crippen molar-refractivity contribution < 1.29 is 4.74 Å². The third-order valence-corrected chi connectivity index (χ3v) is 2.81. The summed E-state index contributed by atoms with van der Waals surface area (Å²) in [5.41, 5.74) is 2.24. The summed E-state index contributed by atoms with van der Waals surface area (Å²) in [5, 5.41) is 0.760. The Bertz CT molecular complexity index is 494. The summed E-state index contributed by atoms with van der Waals surface area (Å²) in [6, 6.07) is 13.6. The zero-order valence-corrected chi connectivity index (χ0v) is 10.1. The van der Waals surface area contributed by atoms with Crippen LogP contribution in [0.3, 0.4) is 0 Å².